The minimum atomic E-state index is -0.676. The molecule has 0 spiro atoms. The van der Waals surface area contributed by atoms with Gasteiger partial charge in [-0.1, -0.05) is 0 Å². The van der Waals surface area contributed by atoms with Crippen LogP contribution in [0.2, 0.25) is 0 Å². The van der Waals surface area contributed by atoms with E-state index >= 15 is 0 Å². The topological polar surface area (TPSA) is 110 Å². The van der Waals surface area contributed by atoms with Crippen molar-refractivity contribution >= 4 is 29.9 Å². The third-order valence-electron chi connectivity index (χ3n) is 5.03. The largest absolute Gasteiger partial charge is 0.495 e. The van der Waals surface area contributed by atoms with E-state index in [1.165, 1.54) is 20.2 Å². The molecule has 162 valence electrons. The molecule has 0 aliphatic carbocycles. The summed E-state index contributed by atoms with van der Waals surface area (Å²) in [7, 11) is 2.97. The lowest BCUT2D eigenvalue weighted by Crippen LogP contribution is -2.30. The Morgan fingerprint density at radius 3 is 2.60 bits per heavy atom. The molecule has 2 heterocycles. The maximum absolute atomic E-state index is 12.8. The van der Waals surface area contributed by atoms with Gasteiger partial charge in [0.2, 0.25) is 0 Å². The van der Waals surface area contributed by atoms with Gasteiger partial charge in [-0.3, -0.25) is 9.59 Å². The fourth-order valence-electron chi connectivity index (χ4n) is 3.48. The van der Waals surface area contributed by atoms with Crippen molar-refractivity contribution in [3.63, 3.8) is 0 Å². The zero-order valence-electron chi connectivity index (χ0n) is 17.2. The summed E-state index contributed by atoms with van der Waals surface area (Å²) >= 11 is 0. The molecule has 30 heavy (non-hydrogen) atoms. The van der Waals surface area contributed by atoms with Crippen LogP contribution in [0.15, 0.2) is 33.5 Å². The van der Waals surface area contributed by atoms with Crippen LogP contribution in [-0.4, -0.2) is 39.1 Å². The van der Waals surface area contributed by atoms with Crippen LogP contribution in [0.5, 0.6) is 5.75 Å². The first-order valence-corrected chi connectivity index (χ1v) is 9.51. The molecule has 3 rings (SSSR count). The van der Waals surface area contributed by atoms with Gasteiger partial charge < -0.3 is 25.1 Å². The highest BCUT2D eigenvalue weighted by Crippen LogP contribution is 2.27. The van der Waals surface area contributed by atoms with Crippen molar-refractivity contribution in [2.45, 2.75) is 25.7 Å². The van der Waals surface area contributed by atoms with Crippen molar-refractivity contribution in [3.8, 4) is 5.75 Å². The molecule has 1 saturated heterocycles. The lowest BCUT2D eigenvalue weighted by atomic mass is 9.95. The van der Waals surface area contributed by atoms with Crippen LogP contribution in [-0.2, 0) is 0 Å². The Labute approximate surface area is 180 Å². The third kappa shape index (κ3) is 5.01. The second-order valence-electron chi connectivity index (χ2n) is 6.99. The Balaban J connectivity index is 0.00000320. The summed E-state index contributed by atoms with van der Waals surface area (Å²) in [5.41, 5.74) is 0.445. The number of anilines is 1. The maximum atomic E-state index is 12.8. The molecule has 2 amide bonds. The maximum Gasteiger partial charge on any atom is 0.349 e. The van der Waals surface area contributed by atoms with Crippen molar-refractivity contribution in [3.05, 3.63) is 57.1 Å². The molecule has 1 fully saturated rings. The highest BCUT2D eigenvalue weighted by atomic mass is 35.5. The molecule has 8 nitrogen and oxygen atoms in total. The third-order valence-corrected chi connectivity index (χ3v) is 5.03. The molecule has 1 aliphatic heterocycles. The zero-order valence-corrected chi connectivity index (χ0v) is 18.0. The van der Waals surface area contributed by atoms with Gasteiger partial charge in [0.05, 0.1) is 12.8 Å². The van der Waals surface area contributed by atoms with E-state index in [2.05, 4.69) is 16.0 Å². The van der Waals surface area contributed by atoms with E-state index < -0.39 is 11.5 Å². The van der Waals surface area contributed by atoms with Crippen LogP contribution in [0.3, 0.4) is 0 Å². The summed E-state index contributed by atoms with van der Waals surface area (Å²) < 4.78 is 10.7. The second kappa shape index (κ2) is 10.3. The lowest BCUT2D eigenvalue weighted by Gasteiger charge is -2.22. The predicted molar refractivity (Wildman–Crippen MR) is 116 cm³/mol. The molecule has 1 atom stereocenters. The summed E-state index contributed by atoms with van der Waals surface area (Å²) in [6, 6.07) is 6.41. The second-order valence-corrected chi connectivity index (χ2v) is 6.99. The smallest absolute Gasteiger partial charge is 0.349 e. The molecule has 0 bridgehead atoms. The summed E-state index contributed by atoms with van der Waals surface area (Å²) in [5, 5.41) is 8.47. The number of ether oxygens (including phenoxy) is 1. The highest BCUT2D eigenvalue weighted by molar-refractivity contribution is 6.06. The Bertz CT molecular complexity index is 983. The first kappa shape index (κ1) is 23.4. The van der Waals surface area contributed by atoms with Crippen LogP contribution in [0, 0.1) is 6.92 Å². The minimum Gasteiger partial charge on any atom is -0.495 e. The van der Waals surface area contributed by atoms with E-state index in [0.717, 1.165) is 25.9 Å². The van der Waals surface area contributed by atoms with Crippen molar-refractivity contribution in [1.29, 1.82) is 0 Å². The standard InChI is InChI=1S/C21H25N3O5.ClH/c1-12-9-17(14-5-4-8-23-11-14)29-21(27)18(12)20(26)24-15-10-13(19(25)22-2)6-7-16(15)28-3;/h6-7,9-10,14,23H,4-5,8,11H2,1-3H3,(H,22,25)(H,24,26);1H. The Morgan fingerprint density at radius 2 is 2.00 bits per heavy atom. The molecule has 0 radical (unpaired) electrons. The lowest BCUT2D eigenvalue weighted by molar-refractivity contribution is 0.0961. The summed E-state index contributed by atoms with van der Waals surface area (Å²) in [6.07, 6.45) is 1.95. The van der Waals surface area contributed by atoms with Gasteiger partial charge >= 0.3 is 5.63 Å². The van der Waals surface area contributed by atoms with Gasteiger partial charge in [-0.05, 0) is 56.1 Å². The normalized spacial score (nSPS) is 15.6. The minimum absolute atomic E-state index is 0. The number of hydrogen-bond acceptors (Lipinski definition) is 6. The van der Waals surface area contributed by atoms with Crippen LogP contribution < -0.4 is 26.3 Å². The summed E-state index contributed by atoms with van der Waals surface area (Å²) in [5.74, 6) is 0.172. The van der Waals surface area contributed by atoms with Crippen LogP contribution in [0.4, 0.5) is 5.69 Å². The van der Waals surface area contributed by atoms with E-state index in [1.807, 2.05) is 0 Å². The number of halogens is 1. The van der Waals surface area contributed by atoms with Gasteiger partial charge in [0.25, 0.3) is 11.8 Å². The first-order chi connectivity index (χ1) is 13.9. The van der Waals surface area contributed by atoms with Gasteiger partial charge in [-0.15, -0.1) is 12.4 Å². The molecular formula is C21H26ClN3O5. The van der Waals surface area contributed by atoms with Gasteiger partial charge in [0.1, 0.15) is 17.1 Å². The number of hydrogen-bond donors (Lipinski definition) is 3. The quantitative estimate of drug-likeness (QED) is 0.665. The monoisotopic (exact) mass is 435 g/mol. The number of methoxy groups -OCH3 is 1. The number of amides is 2. The average Bonchev–Trinajstić information content (AvgIpc) is 2.73. The molecule has 3 N–H and O–H groups in total. The van der Waals surface area contributed by atoms with Gasteiger partial charge in [-0.25, -0.2) is 4.79 Å². The molecule has 2 aromatic rings. The van der Waals surface area contributed by atoms with Crippen molar-refractivity contribution < 1.29 is 18.7 Å². The van der Waals surface area contributed by atoms with Gasteiger partial charge in [0.15, 0.2) is 0 Å². The Morgan fingerprint density at radius 1 is 1.23 bits per heavy atom. The Hall–Kier alpha value is -2.84. The van der Waals surface area contributed by atoms with Gasteiger partial charge in [0, 0.05) is 25.1 Å². The van der Waals surface area contributed by atoms with Gasteiger partial charge in [-0.2, -0.15) is 0 Å². The summed E-state index contributed by atoms with van der Waals surface area (Å²) in [6.45, 7) is 3.42. The molecular weight excluding hydrogens is 410 g/mol. The highest BCUT2D eigenvalue weighted by Gasteiger charge is 2.23. The number of aryl methyl sites for hydroxylation is 1. The van der Waals surface area contributed by atoms with Crippen molar-refractivity contribution in [2.75, 3.05) is 32.6 Å². The van der Waals surface area contributed by atoms with E-state index in [1.54, 1.807) is 25.1 Å². The zero-order chi connectivity index (χ0) is 21.0. The average molecular weight is 436 g/mol. The Kier molecular flexibility index (Phi) is 8.02. The van der Waals surface area contributed by atoms with Crippen LogP contribution in [0.1, 0.15) is 50.8 Å². The first-order valence-electron chi connectivity index (χ1n) is 9.51. The molecule has 1 aliphatic rings. The van der Waals surface area contributed by atoms with Crippen molar-refractivity contribution in [2.24, 2.45) is 0 Å². The number of nitrogens with one attached hydrogen (secondary N) is 3. The number of piperidine rings is 1. The molecule has 0 saturated carbocycles. The van der Waals surface area contributed by atoms with E-state index in [9.17, 15) is 14.4 Å². The molecule has 9 heteroatoms. The van der Waals surface area contributed by atoms with E-state index in [0.29, 0.717) is 22.6 Å². The molecule has 1 aromatic carbocycles. The van der Waals surface area contributed by atoms with E-state index in [4.69, 9.17) is 9.15 Å². The number of carbonyl (C=O) groups is 2. The van der Waals surface area contributed by atoms with Crippen molar-refractivity contribution in [1.82, 2.24) is 10.6 Å². The SMILES string of the molecule is CNC(=O)c1ccc(OC)c(NC(=O)c2c(C)cc(C3CCCNC3)oc2=O)c1.Cl. The molecule has 1 unspecified atom stereocenters. The van der Waals surface area contributed by atoms with E-state index in [-0.39, 0.29) is 35.5 Å². The number of rotatable bonds is 5. The number of carbonyl (C=O) groups excluding carboxylic acids is 2. The van der Waals surface area contributed by atoms with Crippen LogP contribution >= 0.6 is 12.4 Å². The predicted octanol–water partition coefficient (Wildman–Crippen LogP) is 2.46. The fraction of sp³-hybridized carbons (Fsp3) is 0.381. The molecule has 1 aromatic heterocycles. The summed E-state index contributed by atoms with van der Waals surface area (Å²) in [4.78, 5) is 37.3. The number of benzene rings is 1. The van der Waals surface area contributed by atoms with Crippen LogP contribution in [0.25, 0.3) is 0 Å². The fourth-order valence-corrected chi connectivity index (χ4v) is 3.48.